The van der Waals surface area contributed by atoms with Gasteiger partial charge in [-0.15, -0.1) is 0 Å². The standard InChI is InChI=1S/C18H15NO4/c1-21-18(20)12-4-2-3-11(9-12)17-19-15-10-14(22-13-5-6-13)7-8-16(15)23-17/h2-4,7-10,13H,5-6H2,1H3. The molecule has 1 heterocycles. The van der Waals surface area contributed by atoms with Crippen molar-refractivity contribution in [1.29, 1.82) is 0 Å². The molecule has 0 atom stereocenters. The van der Waals surface area contributed by atoms with Gasteiger partial charge in [-0.2, -0.15) is 0 Å². The Hall–Kier alpha value is -2.82. The molecule has 0 saturated heterocycles. The quantitative estimate of drug-likeness (QED) is 0.686. The number of nitrogens with zero attached hydrogens (tertiary/aromatic N) is 1. The molecule has 5 heteroatoms. The van der Waals surface area contributed by atoms with Crippen LogP contribution in [0.3, 0.4) is 0 Å². The van der Waals surface area contributed by atoms with E-state index in [4.69, 9.17) is 13.9 Å². The van der Waals surface area contributed by atoms with Crippen LogP contribution in [0.4, 0.5) is 0 Å². The number of hydrogen-bond donors (Lipinski definition) is 0. The fourth-order valence-electron chi connectivity index (χ4n) is 2.38. The topological polar surface area (TPSA) is 61.6 Å². The van der Waals surface area contributed by atoms with E-state index < -0.39 is 0 Å². The van der Waals surface area contributed by atoms with Gasteiger partial charge in [0.1, 0.15) is 11.3 Å². The van der Waals surface area contributed by atoms with Crippen LogP contribution in [0.25, 0.3) is 22.6 Å². The maximum atomic E-state index is 11.6. The first-order chi connectivity index (χ1) is 11.2. The van der Waals surface area contributed by atoms with Gasteiger partial charge in [0.15, 0.2) is 5.58 Å². The van der Waals surface area contributed by atoms with E-state index in [0.717, 1.165) is 29.7 Å². The monoisotopic (exact) mass is 309 g/mol. The Balaban J connectivity index is 1.69. The van der Waals surface area contributed by atoms with Crippen LogP contribution in [-0.4, -0.2) is 24.2 Å². The summed E-state index contributed by atoms with van der Waals surface area (Å²) in [6.45, 7) is 0. The fraction of sp³-hybridized carbons (Fsp3) is 0.222. The van der Waals surface area contributed by atoms with E-state index in [9.17, 15) is 4.79 Å². The van der Waals surface area contributed by atoms with E-state index in [2.05, 4.69) is 4.98 Å². The third-order valence-electron chi connectivity index (χ3n) is 3.72. The summed E-state index contributed by atoms with van der Waals surface area (Å²) in [7, 11) is 1.36. The van der Waals surface area contributed by atoms with E-state index in [1.54, 1.807) is 18.2 Å². The summed E-state index contributed by atoms with van der Waals surface area (Å²) in [6, 6.07) is 12.6. The van der Waals surface area contributed by atoms with Crippen molar-refractivity contribution < 1.29 is 18.7 Å². The van der Waals surface area contributed by atoms with Gasteiger partial charge in [0.05, 0.1) is 18.8 Å². The second-order valence-corrected chi connectivity index (χ2v) is 5.54. The molecule has 0 aliphatic heterocycles. The van der Waals surface area contributed by atoms with Gasteiger partial charge in [0.25, 0.3) is 0 Å². The third-order valence-corrected chi connectivity index (χ3v) is 3.72. The number of carbonyl (C=O) groups excluding carboxylic acids is 1. The van der Waals surface area contributed by atoms with Crippen molar-refractivity contribution >= 4 is 17.1 Å². The highest BCUT2D eigenvalue weighted by Gasteiger charge is 2.23. The minimum Gasteiger partial charge on any atom is -0.490 e. The molecule has 0 spiro atoms. The fourth-order valence-corrected chi connectivity index (χ4v) is 2.38. The molecule has 1 fully saturated rings. The van der Waals surface area contributed by atoms with Crippen LogP contribution in [0.1, 0.15) is 23.2 Å². The number of ether oxygens (including phenoxy) is 2. The summed E-state index contributed by atoms with van der Waals surface area (Å²) in [5, 5.41) is 0. The van der Waals surface area contributed by atoms with Gasteiger partial charge >= 0.3 is 5.97 Å². The SMILES string of the molecule is COC(=O)c1cccc(-c2nc3cc(OC4CC4)ccc3o2)c1. The van der Waals surface area contributed by atoms with Crippen molar-refractivity contribution in [3.63, 3.8) is 0 Å². The first-order valence-corrected chi connectivity index (χ1v) is 7.49. The van der Waals surface area contributed by atoms with Gasteiger partial charge in [-0.3, -0.25) is 0 Å². The van der Waals surface area contributed by atoms with E-state index in [1.807, 2.05) is 24.3 Å². The average molecular weight is 309 g/mol. The number of oxazole rings is 1. The smallest absolute Gasteiger partial charge is 0.337 e. The van der Waals surface area contributed by atoms with E-state index in [0.29, 0.717) is 23.1 Å². The predicted molar refractivity (Wildman–Crippen MR) is 84.4 cm³/mol. The van der Waals surface area contributed by atoms with Gasteiger partial charge in [-0.1, -0.05) is 6.07 Å². The number of methoxy groups -OCH3 is 1. The number of benzene rings is 2. The number of fused-ring (bicyclic) bond motifs is 1. The molecule has 1 aromatic heterocycles. The summed E-state index contributed by atoms with van der Waals surface area (Å²) in [6.07, 6.45) is 2.57. The zero-order valence-corrected chi connectivity index (χ0v) is 12.6. The first-order valence-electron chi connectivity index (χ1n) is 7.49. The van der Waals surface area contributed by atoms with Gasteiger partial charge < -0.3 is 13.9 Å². The zero-order valence-electron chi connectivity index (χ0n) is 12.6. The third kappa shape index (κ3) is 2.77. The van der Waals surface area contributed by atoms with Crippen molar-refractivity contribution in [3.8, 4) is 17.2 Å². The predicted octanol–water partition coefficient (Wildman–Crippen LogP) is 3.82. The lowest BCUT2D eigenvalue weighted by atomic mass is 10.1. The Bertz CT molecular complexity index is 880. The van der Waals surface area contributed by atoms with Crippen molar-refractivity contribution in [1.82, 2.24) is 4.98 Å². The highest BCUT2D eigenvalue weighted by molar-refractivity contribution is 5.90. The van der Waals surface area contributed by atoms with E-state index >= 15 is 0 Å². The van der Waals surface area contributed by atoms with Gasteiger partial charge in [0, 0.05) is 11.6 Å². The number of rotatable bonds is 4. The second-order valence-electron chi connectivity index (χ2n) is 5.54. The van der Waals surface area contributed by atoms with Crippen molar-refractivity contribution in [2.45, 2.75) is 18.9 Å². The maximum Gasteiger partial charge on any atom is 0.337 e. The number of carbonyl (C=O) groups is 1. The summed E-state index contributed by atoms with van der Waals surface area (Å²) in [5.74, 6) is 0.889. The zero-order chi connectivity index (χ0) is 15.8. The number of esters is 1. The Morgan fingerprint density at radius 2 is 2.09 bits per heavy atom. The molecular formula is C18H15NO4. The molecule has 5 nitrogen and oxygen atoms in total. The van der Waals surface area contributed by atoms with Gasteiger partial charge in [0.2, 0.25) is 5.89 Å². The summed E-state index contributed by atoms with van der Waals surface area (Å²) in [4.78, 5) is 16.1. The van der Waals surface area contributed by atoms with Crippen LogP contribution in [0.15, 0.2) is 46.9 Å². The van der Waals surface area contributed by atoms with E-state index in [-0.39, 0.29) is 5.97 Å². The van der Waals surface area contributed by atoms with Gasteiger partial charge in [-0.25, -0.2) is 9.78 Å². The highest BCUT2D eigenvalue weighted by Crippen LogP contribution is 2.31. The molecule has 0 N–H and O–H groups in total. The lowest BCUT2D eigenvalue weighted by molar-refractivity contribution is 0.0601. The largest absolute Gasteiger partial charge is 0.490 e. The van der Waals surface area contributed by atoms with Crippen LogP contribution in [-0.2, 0) is 4.74 Å². The van der Waals surface area contributed by atoms with Crippen molar-refractivity contribution in [2.24, 2.45) is 0 Å². The molecule has 1 saturated carbocycles. The lowest BCUT2D eigenvalue weighted by Gasteiger charge is -2.02. The second kappa shape index (κ2) is 5.43. The van der Waals surface area contributed by atoms with Crippen LogP contribution in [0.2, 0.25) is 0 Å². The molecule has 1 aliphatic rings. The molecular weight excluding hydrogens is 294 g/mol. The molecule has 0 unspecified atom stereocenters. The summed E-state index contributed by atoms with van der Waals surface area (Å²) >= 11 is 0. The molecule has 4 rings (SSSR count). The Morgan fingerprint density at radius 3 is 2.87 bits per heavy atom. The molecule has 2 aromatic carbocycles. The Morgan fingerprint density at radius 1 is 1.22 bits per heavy atom. The summed E-state index contributed by atoms with van der Waals surface area (Å²) in [5.41, 5.74) is 2.62. The highest BCUT2D eigenvalue weighted by atomic mass is 16.5. The Kier molecular flexibility index (Phi) is 3.26. The van der Waals surface area contributed by atoms with Crippen molar-refractivity contribution in [3.05, 3.63) is 48.0 Å². The van der Waals surface area contributed by atoms with Gasteiger partial charge in [-0.05, 0) is 43.2 Å². The normalized spacial score (nSPS) is 14.0. The minimum absolute atomic E-state index is 0.343. The Labute approximate surface area is 132 Å². The summed E-state index contributed by atoms with van der Waals surface area (Å²) < 4.78 is 16.3. The van der Waals surface area contributed by atoms with E-state index in [1.165, 1.54) is 7.11 Å². The molecule has 1 aliphatic carbocycles. The number of hydrogen-bond acceptors (Lipinski definition) is 5. The number of aromatic nitrogens is 1. The maximum absolute atomic E-state index is 11.6. The minimum atomic E-state index is -0.386. The first kappa shape index (κ1) is 13.8. The van der Waals surface area contributed by atoms with Crippen LogP contribution < -0.4 is 4.74 Å². The molecule has 0 bridgehead atoms. The van der Waals surface area contributed by atoms with Crippen LogP contribution in [0.5, 0.6) is 5.75 Å². The molecule has 0 amide bonds. The molecule has 0 radical (unpaired) electrons. The average Bonchev–Trinajstić information content (AvgIpc) is 3.29. The molecule has 23 heavy (non-hydrogen) atoms. The molecule has 116 valence electrons. The van der Waals surface area contributed by atoms with Crippen LogP contribution >= 0.6 is 0 Å². The lowest BCUT2D eigenvalue weighted by Crippen LogP contribution is -2.00. The molecule has 3 aromatic rings. The van der Waals surface area contributed by atoms with Crippen molar-refractivity contribution in [2.75, 3.05) is 7.11 Å². The van der Waals surface area contributed by atoms with Crippen LogP contribution in [0, 0.1) is 0 Å².